The number of hydrogen-bond donors (Lipinski definition) is 3. The Labute approximate surface area is 370 Å². The summed E-state index contributed by atoms with van der Waals surface area (Å²) in [5.41, 5.74) is 0. The van der Waals surface area contributed by atoms with Crippen LogP contribution in [0.2, 0.25) is 0 Å². The fourth-order valence-electron chi connectivity index (χ4n) is 7.15. The van der Waals surface area contributed by atoms with Crippen molar-refractivity contribution in [2.24, 2.45) is 0 Å². The third-order valence-corrected chi connectivity index (χ3v) is 10.9. The molecule has 0 rings (SSSR count). The fourth-order valence-corrected chi connectivity index (χ4v) is 7.15. The van der Waals surface area contributed by atoms with Crippen LogP contribution in [-0.2, 0) is 14.3 Å². The summed E-state index contributed by atoms with van der Waals surface area (Å²) >= 11 is 0. The summed E-state index contributed by atoms with van der Waals surface area (Å²) in [7, 11) is 0. The van der Waals surface area contributed by atoms with E-state index in [1.165, 1.54) is 77.0 Å². The van der Waals surface area contributed by atoms with Crippen LogP contribution in [0.25, 0.3) is 0 Å². The predicted molar refractivity (Wildman–Crippen MR) is 259 cm³/mol. The average Bonchev–Trinajstić information content (AvgIpc) is 3.24. The van der Waals surface area contributed by atoms with Crippen LogP contribution in [0.5, 0.6) is 0 Å². The van der Waals surface area contributed by atoms with Crippen LogP contribution >= 0.6 is 0 Å². The lowest BCUT2D eigenvalue weighted by Crippen LogP contribution is -2.46. The lowest BCUT2D eigenvalue weighted by molar-refractivity contribution is -0.151. The second kappa shape index (κ2) is 47.1. The zero-order valence-electron chi connectivity index (χ0n) is 39.1. The molecule has 0 aliphatic heterocycles. The van der Waals surface area contributed by atoms with Gasteiger partial charge in [0.25, 0.3) is 0 Å². The molecular weight excluding hydrogens is 743 g/mol. The molecule has 0 spiro atoms. The minimum Gasteiger partial charge on any atom is -0.462 e. The van der Waals surface area contributed by atoms with Crippen LogP contribution in [0.15, 0.2) is 85.1 Å². The van der Waals surface area contributed by atoms with E-state index in [2.05, 4.69) is 80.8 Å². The number of hydrogen-bond acceptors (Lipinski definition) is 5. The van der Waals surface area contributed by atoms with Crippen LogP contribution in [-0.4, -0.2) is 46.9 Å². The molecule has 60 heavy (non-hydrogen) atoms. The predicted octanol–water partition coefficient (Wildman–Crippen LogP) is 14.8. The molecule has 0 saturated carbocycles. The summed E-state index contributed by atoms with van der Waals surface area (Å²) in [4.78, 5) is 26.1. The van der Waals surface area contributed by atoms with Crippen LogP contribution < -0.4 is 5.32 Å². The van der Waals surface area contributed by atoms with Crippen molar-refractivity contribution < 1.29 is 24.5 Å². The second-order valence-electron chi connectivity index (χ2n) is 16.6. The Morgan fingerprint density at radius 3 is 1.38 bits per heavy atom. The van der Waals surface area contributed by atoms with Crippen molar-refractivity contribution in [1.82, 2.24) is 5.32 Å². The third-order valence-electron chi connectivity index (χ3n) is 10.9. The van der Waals surface area contributed by atoms with Crippen LogP contribution in [0.3, 0.4) is 0 Å². The number of ether oxygens (including phenoxy) is 1. The van der Waals surface area contributed by atoms with E-state index in [-0.39, 0.29) is 24.9 Å². The van der Waals surface area contributed by atoms with Crippen LogP contribution in [0.1, 0.15) is 220 Å². The highest BCUT2D eigenvalue weighted by Gasteiger charge is 2.24. The van der Waals surface area contributed by atoms with Crippen LogP contribution in [0, 0.1) is 0 Å². The number of nitrogens with one attached hydrogen (secondary N) is 1. The van der Waals surface area contributed by atoms with Crippen LogP contribution in [0.4, 0.5) is 0 Å². The van der Waals surface area contributed by atoms with E-state index in [9.17, 15) is 19.8 Å². The first-order chi connectivity index (χ1) is 29.5. The molecule has 0 heterocycles. The molecule has 0 saturated heterocycles. The van der Waals surface area contributed by atoms with Crippen molar-refractivity contribution >= 4 is 11.9 Å². The molecule has 0 aromatic rings. The second-order valence-corrected chi connectivity index (χ2v) is 16.6. The van der Waals surface area contributed by atoms with Gasteiger partial charge in [-0.2, -0.15) is 0 Å². The van der Waals surface area contributed by atoms with Gasteiger partial charge in [-0.05, 0) is 64.2 Å². The summed E-state index contributed by atoms with van der Waals surface area (Å²) in [6.07, 6.45) is 60.7. The van der Waals surface area contributed by atoms with Crippen molar-refractivity contribution in [3.05, 3.63) is 85.1 Å². The lowest BCUT2D eigenvalue weighted by atomic mass is 10.0. The van der Waals surface area contributed by atoms with E-state index in [1.807, 2.05) is 30.4 Å². The van der Waals surface area contributed by atoms with E-state index in [0.29, 0.717) is 19.3 Å². The van der Waals surface area contributed by atoms with Crippen molar-refractivity contribution in [2.45, 2.75) is 238 Å². The van der Waals surface area contributed by atoms with Gasteiger partial charge >= 0.3 is 5.97 Å². The van der Waals surface area contributed by atoms with E-state index >= 15 is 0 Å². The molecular formula is C54H93NO5. The number of aliphatic hydroxyl groups excluding tert-OH is 2. The Balaban J connectivity index is 4.65. The molecule has 344 valence electrons. The number of allylic oxidation sites excluding steroid dienone is 14. The minimum absolute atomic E-state index is 0.0389. The van der Waals surface area contributed by atoms with Gasteiger partial charge in [0, 0.05) is 6.42 Å². The summed E-state index contributed by atoms with van der Waals surface area (Å²) in [6, 6.07) is -0.723. The van der Waals surface area contributed by atoms with Crippen molar-refractivity contribution in [1.29, 1.82) is 0 Å². The van der Waals surface area contributed by atoms with Gasteiger partial charge in [-0.15, -0.1) is 0 Å². The molecule has 0 radical (unpaired) electrons. The maximum atomic E-state index is 13.2. The highest BCUT2D eigenvalue weighted by molar-refractivity contribution is 5.77. The van der Waals surface area contributed by atoms with Gasteiger partial charge in [-0.3, -0.25) is 9.59 Å². The first kappa shape index (κ1) is 57.0. The number of carbonyl (C=O) groups excluding carboxylic acids is 2. The Kier molecular flexibility index (Phi) is 44.8. The maximum Gasteiger partial charge on any atom is 0.306 e. The Hall–Kier alpha value is -2.96. The molecule has 0 bridgehead atoms. The highest BCUT2D eigenvalue weighted by atomic mass is 16.5. The summed E-state index contributed by atoms with van der Waals surface area (Å²) < 4.78 is 5.89. The Morgan fingerprint density at radius 2 is 0.900 bits per heavy atom. The van der Waals surface area contributed by atoms with Gasteiger partial charge in [-0.25, -0.2) is 0 Å². The van der Waals surface area contributed by atoms with Gasteiger partial charge in [0.15, 0.2) is 0 Å². The molecule has 6 nitrogen and oxygen atoms in total. The van der Waals surface area contributed by atoms with Gasteiger partial charge in [-0.1, -0.05) is 228 Å². The molecule has 0 aliphatic rings. The highest BCUT2D eigenvalue weighted by Crippen LogP contribution is 2.17. The zero-order chi connectivity index (χ0) is 43.8. The number of carbonyl (C=O) groups is 2. The molecule has 0 aromatic heterocycles. The first-order valence-corrected chi connectivity index (χ1v) is 24.9. The topological polar surface area (TPSA) is 95.9 Å². The number of esters is 1. The third kappa shape index (κ3) is 41.8. The normalized spacial score (nSPS) is 14.0. The summed E-state index contributed by atoms with van der Waals surface area (Å²) in [6.45, 7) is 6.19. The standard InChI is InChI=1S/C54H93NO5/c1-4-7-10-13-16-19-22-25-26-29-31-34-37-40-43-46-52(57)51(49-56)55-53(58)48-50(45-42-39-36-33-30-27-23-20-17-14-11-8-5-2)60-54(59)47-44-41-38-35-32-28-24-21-18-15-12-9-6-3/h8-9,11-12,14-15,17-18,20-21,23-24,27,30,50-52,56-57H,4-7,10,13,16,19,22,25-26,28-29,31-49H2,1-3H3,(H,55,58)/b11-8+,12-9+,17-14+,18-15+,23-20+,24-21-,30-27-. The van der Waals surface area contributed by atoms with Gasteiger partial charge < -0.3 is 20.3 Å². The quantitative estimate of drug-likeness (QED) is 0.0323. The average molecular weight is 836 g/mol. The number of unbranched alkanes of at least 4 members (excludes halogenated alkanes) is 22. The number of amides is 1. The Bertz CT molecular complexity index is 1160. The molecule has 0 fully saturated rings. The molecule has 1 amide bonds. The van der Waals surface area contributed by atoms with E-state index in [1.54, 1.807) is 0 Å². The molecule has 3 atom stereocenters. The van der Waals surface area contributed by atoms with Gasteiger partial charge in [0.2, 0.25) is 5.91 Å². The smallest absolute Gasteiger partial charge is 0.306 e. The molecule has 0 aliphatic carbocycles. The van der Waals surface area contributed by atoms with E-state index in [4.69, 9.17) is 4.74 Å². The summed E-state index contributed by atoms with van der Waals surface area (Å²) in [5, 5.41) is 23.7. The number of rotatable bonds is 43. The molecule has 6 heteroatoms. The van der Waals surface area contributed by atoms with Gasteiger partial charge in [0.05, 0.1) is 25.2 Å². The maximum absolute atomic E-state index is 13.2. The minimum atomic E-state index is -0.806. The lowest BCUT2D eigenvalue weighted by Gasteiger charge is -2.24. The van der Waals surface area contributed by atoms with E-state index < -0.39 is 18.2 Å². The number of aliphatic hydroxyl groups is 2. The van der Waals surface area contributed by atoms with Crippen molar-refractivity contribution in [3.8, 4) is 0 Å². The van der Waals surface area contributed by atoms with Crippen molar-refractivity contribution in [3.63, 3.8) is 0 Å². The summed E-state index contributed by atoms with van der Waals surface area (Å²) in [5.74, 6) is -0.543. The fraction of sp³-hybridized carbons (Fsp3) is 0.704. The largest absolute Gasteiger partial charge is 0.462 e. The SMILES string of the molecule is CC/C=C/C=C/C=C\CCCCCCCC(=O)OC(CCCCC\C=C/C=C/C=C/C=C/CC)CC(=O)NC(CO)C(O)CCCCCCCCCCCCCCCCC. The van der Waals surface area contributed by atoms with Crippen molar-refractivity contribution in [2.75, 3.05) is 6.61 Å². The van der Waals surface area contributed by atoms with Gasteiger partial charge in [0.1, 0.15) is 6.10 Å². The molecule has 3 N–H and O–H groups in total. The van der Waals surface area contributed by atoms with E-state index in [0.717, 1.165) is 96.3 Å². The molecule has 3 unspecified atom stereocenters. The monoisotopic (exact) mass is 836 g/mol. The molecule has 0 aromatic carbocycles. The zero-order valence-corrected chi connectivity index (χ0v) is 39.1. The first-order valence-electron chi connectivity index (χ1n) is 24.9. The Morgan fingerprint density at radius 1 is 0.500 bits per heavy atom.